The first-order valence-electron chi connectivity index (χ1n) is 11.9. The lowest BCUT2D eigenvalue weighted by atomic mass is 10.1. The summed E-state index contributed by atoms with van der Waals surface area (Å²) in [5.41, 5.74) is 3.43. The summed E-state index contributed by atoms with van der Waals surface area (Å²) >= 11 is 0. The number of carbonyl (C=O) groups excluding carboxylic acids is 1. The quantitative estimate of drug-likeness (QED) is 0.358. The van der Waals surface area contributed by atoms with Crippen LogP contribution >= 0.6 is 0 Å². The molecule has 1 N–H and O–H groups in total. The Kier molecular flexibility index (Phi) is 9.32. The molecule has 7 heteroatoms. The number of nitrogens with zero attached hydrogens (tertiary/aromatic N) is 1. The first kappa shape index (κ1) is 26.3. The summed E-state index contributed by atoms with van der Waals surface area (Å²) in [6.45, 7) is 6.66. The van der Waals surface area contributed by atoms with Gasteiger partial charge in [0.1, 0.15) is 12.3 Å². The topological polar surface area (TPSA) is 75.7 Å². The molecule has 0 saturated carbocycles. The van der Waals surface area contributed by atoms with Crippen molar-refractivity contribution in [2.24, 2.45) is 0 Å². The van der Waals surface area contributed by atoms with Crippen molar-refractivity contribution in [3.05, 3.63) is 89.5 Å². The zero-order valence-corrected chi connectivity index (χ0v) is 21.5. The number of hydrogen-bond acceptors (Lipinski definition) is 4. The molecule has 6 nitrogen and oxygen atoms in total. The third-order valence-corrected chi connectivity index (χ3v) is 7.35. The average Bonchev–Trinajstić information content (AvgIpc) is 2.84. The van der Waals surface area contributed by atoms with Gasteiger partial charge in [-0.2, -0.15) is 0 Å². The van der Waals surface area contributed by atoms with Gasteiger partial charge in [0, 0.05) is 6.54 Å². The highest BCUT2D eigenvalue weighted by Gasteiger charge is 2.27. The molecule has 3 rings (SSSR count). The fourth-order valence-corrected chi connectivity index (χ4v) is 5.10. The number of ether oxygens (including phenoxy) is 1. The van der Waals surface area contributed by atoms with Gasteiger partial charge in [0.2, 0.25) is 5.91 Å². The number of anilines is 1. The fourth-order valence-electron chi connectivity index (χ4n) is 3.69. The van der Waals surface area contributed by atoms with Gasteiger partial charge >= 0.3 is 0 Å². The molecule has 0 aliphatic rings. The lowest BCUT2D eigenvalue weighted by molar-refractivity contribution is -0.119. The molecule has 0 aromatic heterocycles. The zero-order chi connectivity index (χ0) is 25.3. The number of para-hydroxylation sites is 1. The summed E-state index contributed by atoms with van der Waals surface area (Å²) in [5.74, 6) is 0.521. The van der Waals surface area contributed by atoms with E-state index in [1.807, 2.05) is 44.2 Å². The van der Waals surface area contributed by atoms with Crippen molar-refractivity contribution in [1.82, 2.24) is 5.32 Å². The molecule has 0 atom stereocenters. The van der Waals surface area contributed by atoms with Crippen molar-refractivity contribution in [3.63, 3.8) is 0 Å². The number of carbonyl (C=O) groups is 1. The van der Waals surface area contributed by atoms with Gasteiger partial charge in [0.25, 0.3) is 10.0 Å². The second-order valence-corrected chi connectivity index (χ2v) is 10.4. The molecule has 0 saturated heterocycles. The first-order valence-corrected chi connectivity index (χ1v) is 13.4. The highest BCUT2D eigenvalue weighted by Crippen LogP contribution is 2.25. The first-order chi connectivity index (χ1) is 16.8. The van der Waals surface area contributed by atoms with Gasteiger partial charge < -0.3 is 10.1 Å². The van der Waals surface area contributed by atoms with E-state index in [2.05, 4.69) is 12.2 Å². The van der Waals surface area contributed by atoms with E-state index in [0.29, 0.717) is 25.3 Å². The average molecular weight is 495 g/mol. The molecule has 0 aliphatic heterocycles. The highest BCUT2D eigenvalue weighted by atomic mass is 32.2. The molecule has 3 aromatic carbocycles. The van der Waals surface area contributed by atoms with E-state index in [0.717, 1.165) is 35.3 Å². The SMILES string of the molecule is CCCOc1ccccc1CCCNC(=O)CN(c1cccc(C)c1)S(=O)(=O)c1ccc(C)cc1. The monoisotopic (exact) mass is 494 g/mol. The van der Waals surface area contributed by atoms with Crippen LogP contribution < -0.4 is 14.4 Å². The molecular weight excluding hydrogens is 460 g/mol. The van der Waals surface area contributed by atoms with E-state index in [9.17, 15) is 13.2 Å². The number of rotatable bonds is 12. The van der Waals surface area contributed by atoms with Gasteiger partial charge in [-0.15, -0.1) is 0 Å². The minimum atomic E-state index is -3.91. The summed E-state index contributed by atoms with van der Waals surface area (Å²) in [4.78, 5) is 13.0. The Labute approximate surface area is 209 Å². The van der Waals surface area contributed by atoms with Crippen molar-refractivity contribution in [3.8, 4) is 5.75 Å². The van der Waals surface area contributed by atoms with E-state index in [4.69, 9.17) is 4.74 Å². The van der Waals surface area contributed by atoms with Crippen LogP contribution in [0.3, 0.4) is 0 Å². The second-order valence-electron chi connectivity index (χ2n) is 8.57. The maximum absolute atomic E-state index is 13.5. The number of aryl methyl sites for hydroxylation is 3. The minimum Gasteiger partial charge on any atom is -0.493 e. The number of amides is 1. The Balaban J connectivity index is 1.67. The zero-order valence-electron chi connectivity index (χ0n) is 20.7. The van der Waals surface area contributed by atoms with Gasteiger partial charge in [0.15, 0.2) is 0 Å². The Morgan fingerprint density at radius 2 is 1.69 bits per heavy atom. The number of nitrogens with one attached hydrogen (secondary N) is 1. The van der Waals surface area contributed by atoms with Gasteiger partial charge in [-0.05, 0) is 74.6 Å². The third kappa shape index (κ3) is 7.33. The lowest BCUT2D eigenvalue weighted by Gasteiger charge is -2.24. The molecule has 0 fully saturated rings. The summed E-state index contributed by atoms with van der Waals surface area (Å²) < 4.78 is 33.9. The maximum Gasteiger partial charge on any atom is 0.264 e. The lowest BCUT2D eigenvalue weighted by Crippen LogP contribution is -2.41. The Morgan fingerprint density at radius 3 is 2.40 bits per heavy atom. The van der Waals surface area contributed by atoms with Gasteiger partial charge in [0.05, 0.1) is 17.2 Å². The number of benzene rings is 3. The van der Waals surface area contributed by atoms with E-state index >= 15 is 0 Å². The van der Waals surface area contributed by atoms with Crippen LogP contribution in [0.2, 0.25) is 0 Å². The Morgan fingerprint density at radius 1 is 0.943 bits per heavy atom. The molecule has 0 unspecified atom stereocenters. The van der Waals surface area contributed by atoms with Crippen LogP contribution in [-0.4, -0.2) is 34.0 Å². The van der Waals surface area contributed by atoms with Crippen LogP contribution in [0.1, 0.15) is 36.5 Å². The normalized spacial score (nSPS) is 11.2. The van der Waals surface area contributed by atoms with E-state index in [1.54, 1.807) is 42.5 Å². The van der Waals surface area contributed by atoms with Crippen molar-refractivity contribution in [1.29, 1.82) is 0 Å². The Hall–Kier alpha value is -3.32. The van der Waals surface area contributed by atoms with E-state index in [1.165, 1.54) is 4.31 Å². The standard InChI is InChI=1S/C28H34N2O4S/c1-4-19-34-27-13-6-5-10-24(27)11-8-18-29-28(31)21-30(25-12-7-9-23(3)20-25)35(32,33)26-16-14-22(2)15-17-26/h5-7,9-10,12-17,20H,4,8,11,18-19,21H2,1-3H3,(H,29,31). The second kappa shape index (κ2) is 12.4. The summed E-state index contributed by atoms with van der Waals surface area (Å²) in [6.07, 6.45) is 2.41. The minimum absolute atomic E-state index is 0.154. The maximum atomic E-state index is 13.5. The Bertz CT molecular complexity index is 1220. The van der Waals surface area contributed by atoms with Crippen LogP contribution in [0.25, 0.3) is 0 Å². The van der Waals surface area contributed by atoms with Gasteiger partial charge in [-0.3, -0.25) is 9.10 Å². The molecule has 0 heterocycles. The molecule has 1 amide bonds. The van der Waals surface area contributed by atoms with Crippen molar-refractivity contribution >= 4 is 21.6 Å². The van der Waals surface area contributed by atoms with Crippen LogP contribution in [0.5, 0.6) is 5.75 Å². The molecule has 186 valence electrons. The molecule has 35 heavy (non-hydrogen) atoms. The number of hydrogen-bond donors (Lipinski definition) is 1. The predicted octanol–water partition coefficient (Wildman–Crippen LogP) is 5.04. The summed E-state index contributed by atoms with van der Waals surface area (Å²) in [7, 11) is -3.91. The van der Waals surface area contributed by atoms with Crippen LogP contribution in [0.15, 0.2) is 77.7 Å². The molecule has 3 aromatic rings. The third-order valence-electron chi connectivity index (χ3n) is 5.57. The van der Waals surface area contributed by atoms with Crippen LogP contribution in [0, 0.1) is 13.8 Å². The van der Waals surface area contributed by atoms with Crippen LogP contribution in [-0.2, 0) is 21.2 Å². The molecule has 0 bridgehead atoms. The fraction of sp³-hybridized carbons (Fsp3) is 0.321. The highest BCUT2D eigenvalue weighted by molar-refractivity contribution is 7.92. The van der Waals surface area contributed by atoms with E-state index < -0.39 is 10.0 Å². The molecular formula is C28H34N2O4S. The van der Waals surface area contributed by atoms with Crippen molar-refractivity contribution in [2.75, 3.05) is 24.0 Å². The van der Waals surface area contributed by atoms with Crippen molar-refractivity contribution < 1.29 is 17.9 Å². The molecule has 0 spiro atoms. The largest absolute Gasteiger partial charge is 0.493 e. The smallest absolute Gasteiger partial charge is 0.264 e. The molecule has 0 radical (unpaired) electrons. The van der Waals surface area contributed by atoms with E-state index in [-0.39, 0.29) is 17.3 Å². The van der Waals surface area contributed by atoms with Crippen molar-refractivity contribution in [2.45, 2.75) is 44.9 Å². The predicted molar refractivity (Wildman–Crippen MR) is 140 cm³/mol. The molecule has 0 aliphatic carbocycles. The summed E-state index contributed by atoms with van der Waals surface area (Å²) in [6, 6.07) is 21.7. The number of sulfonamides is 1. The summed E-state index contributed by atoms with van der Waals surface area (Å²) in [5, 5.41) is 2.88. The van der Waals surface area contributed by atoms with Gasteiger partial charge in [-0.1, -0.05) is 55.0 Å². The van der Waals surface area contributed by atoms with Crippen LogP contribution in [0.4, 0.5) is 5.69 Å². The van der Waals surface area contributed by atoms with Gasteiger partial charge in [-0.25, -0.2) is 8.42 Å².